The lowest BCUT2D eigenvalue weighted by Crippen LogP contribution is -2.08. The van der Waals surface area contributed by atoms with Gasteiger partial charge in [0, 0.05) is 18.5 Å². The molecule has 9 nitrogen and oxygen atoms in total. The van der Waals surface area contributed by atoms with Crippen molar-refractivity contribution in [1.82, 2.24) is 0 Å². The number of ether oxygens (including phenoxy) is 5. The van der Waals surface area contributed by atoms with E-state index < -0.39 is 11.9 Å². The Morgan fingerprint density at radius 2 is 0.898 bits per heavy atom. The topological polar surface area (TPSA) is 105 Å². The Hall–Kier alpha value is -7.00. The SMILES string of the molecule is CCCCCOc1ccc(C(=O)Oc2ccc(C=Nc3ccc(Oc4cccc(N=Cc5ccc(OC(=O)c6ccc(OCCCCC)cc6)cc5)c4)cc3)cc2)cc1. The third kappa shape index (κ3) is 13.6. The summed E-state index contributed by atoms with van der Waals surface area (Å²) in [5.41, 5.74) is 4.07. The smallest absolute Gasteiger partial charge is 0.343 e. The number of esters is 2. The summed E-state index contributed by atoms with van der Waals surface area (Å²) in [7, 11) is 0. The summed E-state index contributed by atoms with van der Waals surface area (Å²) < 4.78 is 28.6. The highest BCUT2D eigenvalue weighted by Gasteiger charge is 2.11. The van der Waals surface area contributed by atoms with Gasteiger partial charge in [0.15, 0.2) is 0 Å². The number of carbonyl (C=O) groups is 2. The van der Waals surface area contributed by atoms with Crippen LogP contribution in [0.2, 0.25) is 0 Å². The Bertz CT molecular complexity index is 2280. The molecule has 0 saturated carbocycles. The second kappa shape index (κ2) is 22.1. The largest absolute Gasteiger partial charge is 0.494 e. The first-order chi connectivity index (χ1) is 28.9. The molecule has 6 aromatic rings. The minimum Gasteiger partial charge on any atom is -0.494 e. The number of unbranched alkanes of at least 4 members (excludes halogenated alkanes) is 4. The maximum Gasteiger partial charge on any atom is 0.343 e. The van der Waals surface area contributed by atoms with Crippen molar-refractivity contribution in [2.45, 2.75) is 52.4 Å². The van der Waals surface area contributed by atoms with E-state index in [4.69, 9.17) is 23.7 Å². The minimum atomic E-state index is -0.436. The highest BCUT2D eigenvalue weighted by molar-refractivity contribution is 5.92. The van der Waals surface area contributed by atoms with Crippen LogP contribution in [0.15, 0.2) is 156 Å². The second-order valence-corrected chi connectivity index (χ2v) is 13.7. The van der Waals surface area contributed by atoms with E-state index in [0.29, 0.717) is 47.3 Å². The highest BCUT2D eigenvalue weighted by atomic mass is 16.5. The molecule has 0 radical (unpaired) electrons. The summed E-state index contributed by atoms with van der Waals surface area (Å²) in [5, 5.41) is 0. The number of nitrogens with zero attached hydrogens (tertiary/aromatic N) is 2. The Morgan fingerprint density at radius 1 is 0.458 bits per heavy atom. The van der Waals surface area contributed by atoms with Crippen LogP contribution in [0.5, 0.6) is 34.5 Å². The van der Waals surface area contributed by atoms with Crippen LogP contribution >= 0.6 is 0 Å². The van der Waals surface area contributed by atoms with E-state index in [-0.39, 0.29) is 0 Å². The number of benzene rings is 6. The van der Waals surface area contributed by atoms with Crippen molar-refractivity contribution >= 4 is 35.7 Å². The molecule has 0 heterocycles. The van der Waals surface area contributed by atoms with Crippen LogP contribution in [0.4, 0.5) is 11.4 Å². The number of hydrogen-bond donors (Lipinski definition) is 0. The Balaban J connectivity index is 0.944. The highest BCUT2D eigenvalue weighted by Crippen LogP contribution is 2.28. The standard InChI is InChI=1S/C50H48N2O7/c1-3-5-7-32-55-43-26-16-39(17-27-43)49(53)58-46-22-12-37(13-23-46)35-51-41-20-30-45(31-21-41)57-48-11-9-10-42(34-48)52-36-38-14-24-47(25-15-38)59-50(54)40-18-28-44(29-19-40)56-33-8-6-4-2/h9-31,34-36H,3-8,32-33H2,1-2H3. The molecule has 9 heteroatoms. The predicted molar refractivity (Wildman–Crippen MR) is 233 cm³/mol. The van der Waals surface area contributed by atoms with E-state index >= 15 is 0 Å². The first-order valence-electron chi connectivity index (χ1n) is 20.0. The fourth-order valence-electron chi connectivity index (χ4n) is 5.70. The molecule has 0 spiro atoms. The predicted octanol–water partition coefficient (Wildman–Crippen LogP) is 12.6. The van der Waals surface area contributed by atoms with Gasteiger partial charge in [-0.1, -0.05) is 45.6 Å². The molecule has 0 amide bonds. The number of aliphatic imine (C=N–C) groups is 2. The van der Waals surface area contributed by atoms with Gasteiger partial charge in [-0.05, 0) is 157 Å². The fourth-order valence-corrected chi connectivity index (χ4v) is 5.70. The first-order valence-corrected chi connectivity index (χ1v) is 20.0. The zero-order valence-electron chi connectivity index (χ0n) is 33.4. The van der Waals surface area contributed by atoms with Crippen LogP contribution in [0.25, 0.3) is 0 Å². The van der Waals surface area contributed by atoms with Gasteiger partial charge in [0.2, 0.25) is 0 Å². The van der Waals surface area contributed by atoms with Crippen molar-refractivity contribution in [2.24, 2.45) is 9.98 Å². The number of carbonyl (C=O) groups excluding carboxylic acids is 2. The molecule has 0 fully saturated rings. The molecule has 0 atom stereocenters. The minimum absolute atomic E-state index is 0.434. The molecule has 0 unspecified atom stereocenters. The zero-order chi connectivity index (χ0) is 41.1. The van der Waals surface area contributed by atoms with Gasteiger partial charge < -0.3 is 23.7 Å². The van der Waals surface area contributed by atoms with Gasteiger partial charge in [0.1, 0.15) is 34.5 Å². The quantitative estimate of drug-likeness (QED) is 0.0328. The van der Waals surface area contributed by atoms with E-state index in [1.54, 1.807) is 85.2 Å². The summed E-state index contributed by atoms with van der Waals surface area (Å²) in [4.78, 5) is 34.5. The Morgan fingerprint density at radius 3 is 1.37 bits per heavy atom. The summed E-state index contributed by atoms with van der Waals surface area (Å²) in [6.45, 7) is 5.63. The van der Waals surface area contributed by atoms with Crippen LogP contribution in [-0.2, 0) is 0 Å². The molecule has 0 N–H and O–H groups in total. The number of rotatable bonds is 20. The number of hydrogen-bond acceptors (Lipinski definition) is 9. The van der Waals surface area contributed by atoms with E-state index in [1.165, 1.54) is 0 Å². The van der Waals surface area contributed by atoms with Crippen molar-refractivity contribution in [1.29, 1.82) is 0 Å². The maximum absolute atomic E-state index is 12.7. The normalized spacial score (nSPS) is 11.1. The van der Waals surface area contributed by atoms with Crippen molar-refractivity contribution in [3.63, 3.8) is 0 Å². The molecule has 300 valence electrons. The van der Waals surface area contributed by atoms with Gasteiger partial charge in [-0.2, -0.15) is 0 Å². The Kier molecular flexibility index (Phi) is 15.6. The molecule has 0 aliphatic rings. The molecule has 0 aromatic heterocycles. The van der Waals surface area contributed by atoms with Gasteiger partial charge in [0.25, 0.3) is 0 Å². The third-order valence-corrected chi connectivity index (χ3v) is 9.01. The van der Waals surface area contributed by atoms with Crippen molar-refractivity contribution in [2.75, 3.05) is 13.2 Å². The van der Waals surface area contributed by atoms with Crippen molar-refractivity contribution < 1.29 is 33.3 Å². The van der Waals surface area contributed by atoms with Gasteiger partial charge >= 0.3 is 11.9 Å². The molecule has 0 aliphatic heterocycles. The van der Waals surface area contributed by atoms with Crippen LogP contribution in [-0.4, -0.2) is 37.6 Å². The molecule has 0 bridgehead atoms. The van der Waals surface area contributed by atoms with Crippen molar-refractivity contribution in [3.8, 4) is 34.5 Å². The molecule has 6 aromatic carbocycles. The van der Waals surface area contributed by atoms with E-state index in [1.807, 2.05) is 72.8 Å². The van der Waals surface area contributed by atoms with E-state index in [9.17, 15) is 9.59 Å². The fraction of sp³-hybridized carbons (Fsp3) is 0.200. The van der Waals surface area contributed by atoms with Crippen molar-refractivity contribution in [3.05, 3.63) is 168 Å². The summed E-state index contributed by atoms with van der Waals surface area (Å²) in [6.07, 6.45) is 10.0. The van der Waals surface area contributed by atoms with Gasteiger partial charge in [-0.15, -0.1) is 0 Å². The lowest BCUT2D eigenvalue weighted by atomic mass is 10.2. The lowest BCUT2D eigenvalue weighted by Gasteiger charge is -2.08. The maximum atomic E-state index is 12.7. The Labute approximate surface area is 346 Å². The summed E-state index contributed by atoms with van der Waals surface area (Å²) >= 11 is 0. The lowest BCUT2D eigenvalue weighted by molar-refractivity contribution is 0.0725. The molecular formula is C50H48N2O7. The van der Waals surface area contributed by atoms with Gasteiger partial charge in [0.05, 0.1) is 35.7 Å². The average molecular weight is 789 g/mol. The van der Waals surface area contributed by atoms with Crippen LogP contribution in [0, 0.1) is 0 Å². The monoisotopic (exact) mass is 788 g/mol. The van der Waals surface area contributed by atoms with Crippen LogP contribution < -0.4 is 23.7 Å². The average Bonchev–Trinajstić information content (AvgIpc) is 3.27. The molecule has 59 heavy (non-hydrogen) atoms. The third-order valence-electron chi connectivity index (χ3n) is 9.01. The van der Waals surface area contributed by atoms with Gasteiger partial charge in [-0.3, -0.25) is 9.98 Å². The first kappa shape index (κ1) is 41.6. The summed E-state index contributed by atoms with van der Waals surface area (Å²) in [5.74, 6) is 2.78. The molecular weight excluding hydrogens is 741 g/mol. The zero-order valence-corrected chi connectivity index (χ0v) is 33.4. The van der Waals surface area contributed by atoms with Crippen LogP contribution in [0.1, 0.15) is 84.2 Å². The molecule has 6 rings (SSSR count). The van der Waals surface area contributed by atoms with Gasteiger partial charge in [-0.25, -0.2) is 9.59 Å². The second-order valence-electron chi connectivity index (χ2n) is 13.7. The molecule has 0 saturated heterocycles. The van der Waals surface area contributed by atoms with Crippen LogP contribution in [0.3, 0.4) is 0 Å². The van der Waals surface area contributed by atoms with E-state index in [2.05, 4.69) is 23.8 Å². The van der Waals surface area contributed by atoms with E-state index in [0.717, 1.165) is 72.5 Å². The summed E-state index contributed by atoms with van der Waals surface area (Å²) in [6, 6.07) is 43.2. The molecule has 0 aliphatic carbocycles.